The van der Waals surface area contributed by atoms with Crippen LogP contribution in [0.25, 0.3) is 0 Å². The summed E-state index contributed by atoms with van der Waals surface area (Å²) >= 11 is 3.63. The third kappa shape index (κ3) is 4.58. The second-order valence-electron chi connectivity index (χ2n) is 7.52. The van der Waals surface area contributed by atoms with Gasteiger partial charge in [0.05, 0.1) is 14.2 Å². The number of hydrogen-bond acceptors (Lipinski definition) is 7. The molecule has 0 saturated carbocycles. The molecule has 1 fully saturated rings. The predicted molar refractivity (Wildman–Crippen MR) is 118 cm³/mol. The number of anilines is 2. The molecule has 0 bridgehead atoms. The van der Waals surface area contributed by atoms with Crippen molar-refractivity contribution in [1.29, 1.82) is 0 Å². The van der Waals surface area contributed by atoms with E-state index in [2.05, 4.69) is 47.5 Å². The molecule has 10 heteroatoms. The third-order valence-electron chi connectivity index (χ3n) is 5.50. The van der Waals surface area contributed by atoms with Crippen LogP contribution in [0, 0.1) is 0 Å². The Hall–Kier alpha value is -2.88. The highest BCUT2D eigenvalue weighted by Crippen LogP contribution is 2.35. The molecule has 0 spiro atoms. The Morgan fingerprint density at radius 2 is 2.00 bits per heavy atom. The van der Waals surface area contributed by atoms with Gasteiger partial charge >= 0.3 is 0 Å². The van der Waals surface area contributed by atoms with Crippen molar-refractivity contribution in [2.75, 3.05) is 31.0 Å². The lowest BCUT2D eigenvalue weighted by Gasteiger charge is -2.30. The molecule has 1 saturated heterocycles. The highest BCUT2D eigenvalue weighted by Gasteiger charge is 2.27. The van der Waals surface area contributed by atoms with Crippen LogP contribution in [-0.2, 0) is 22.6 Å². The molecule has 1 unspecified atom stereocenters. The summed E-state index contributed by atoms with van der Waals surface area (Å²) in [5.41, 5.74) is 2.78. The maximum absolute atomic E-state index is 12.5. The molecule has 2 N–H and O–H groups in total. The Morgan fingerprint density at radius 3 is 2.65 bits per heavy atom. The summed E-state index contributed by atoms with van der Waals surface area (Å²) in [6.07, 6.45) is 2.12. The van der Waals surface area contributed by atoms with Gasteiger partial charge in [-0.25, -0.2) is 0 Å². The summed E-state index contributed by atoms with van der Waals surface area (Å²) in [5.74, 6) is 0.620. The van der Waals surface area contributed by atoms with Crippen LogP contribution in [0.4, 0.5) is 11.6 Å². The number of nitrogens with one attached hydrogen (secondary N) is 2. The second kappa shape index (κ2) is 9.09. The zero-order valence-electron chi connectivity index (χ0n) is 17.4. The van der Waals surface area contributed by atoms with E-state index >= 15 is 0 Å². The van der Waals surface area contributed by atoms with Gasteiger partial charge in [-0.15, -0.1) is 0 Å². The lowest BCUT2D eigenvalue weighted by atomic mass is 10.0. The molecule has 1 aromatic carbocycles. The van der Waals surface area contributed by atoms with E-state index in [1.54, 1.807) is 0 Å². The minimum Gasteiger partial charge on any atom is -0.479 e. The van der Waals surface area contributed by atoms with Crippen LogP contribution >= 0.6 is 15.9 Å². The molecule has 2 aliphatic rings. The molecular formula is C21H24BrN5O4. The number of nitrogens with zero attached hydrogens (tertiary/aromatic N) is 3. The first-order chi connectivity index (χ1) is 15.0. The minimum absolute atomic E-state index is 0.0320. The van der Waals surface area contributed by atoms with Crippen molar-refractivity contribution in [3.05, 3.63) is 33.8 Å². The molecule has 9 nitrogen and oxygen atoms in total. The Labute approximate surface area is 188 Å². The van der Waals surface area contributed by atoms with Gasteiger partial charge in [-0.1, -0.05) is 28.1 Å². The van der Waals surface area contributed by atoms with Crippen molar-refractivity contribution >= 4 is 39.4 Å². The van der Waals surface area contributed by atoms with E-state index in [9.17, 15) is 9.59 Å². The summed E-state index contributed by atoms with van der Waals surface area (Å²) in [6.45, 7) is 1.40. The second-order valence-corrected chi connectivity index (χ2v) is 8.38. The van der Waals surface area contributed by atoms with Gasteiger partial charge in [-0.2, -0.15) is 9.97 Å². The molecule has 0 aliphatic carbocycles. The van der Waals surface area contributed by atoms with Gasteiger partial charge in [0.15, 0.2) is 5.69 Å². The highest BCUT2D eigenvalue weighted by atomic mass is 79.9. The maximum atomic E-state index is 12.5. The Balaban J connectivity index is 1.55. The van der Waals surface area contributed by atoms with Gasteiger partial charge in [0, 0.05) is 36.4 Å². The summed E-state index contributed by atoms with van der Waals surface area (Å²) in [7, 11) is 2.97. The SMILES string of the molecule is COc1nc(N2CCc3cccc(Br)c3C2)nc(OC)c1NC(=O)CC1CCC(=O)N1. The molecule has 1 atom stereocenters. The number of benzene rings is 1. The van der Waals surface area contributed by atoms with Crippen molar-refractivity contribution in [2.24, 2.45) is 0 Å². The van der Waals surface area contributed by atoms with E-state index in [0.717, 1.165) is 17.4 Å². The standard InChI is InChI=1S/C21H24BrN5O4/c1-30-19-18(24-17(29)10-13-6-7-16(28)23-13)20(31-2)26-21(25-19)27-9-8-12-4-3-5-15(22)14(12)11-27/h3-5,13H,6-11H2,1-2H3,(H,23,28)(H,24,29). The number of methoxy groups -OCH3 is 2. The number of aromatic nitrogens is 2. The van der Waals surface area contributed by atoms with Gasteiger partial charge in [0.2, 0.25) is 29.5 Å². The molecule has 3 heterocycles. The summed E-state index contributed by atoms with van der Waals surface area (Å²) in [6, 6.07) is 6.02. The van der Waals surface area contributed by atoms with Gasteiger partial charge in [-0.05, 0) is 30.0 Å². The average molecular weight is 490 g/mol. The number of carbonyl (C=O) groups is 2. The molecule has 1 aromatic heterocycles. The van der Waals surface area contributed by atoms with Crippen LogP contribution in [0.15, 0.2) is 22.7 Å². The number of ether oxygens (including phenoxy) is 2. The molecule has 164 valence electrons. The zero-order chi connectivity index (χ0) is 22.0. The van der Waals surface area contributed by atoms with E-state index in [-0.39, 0.29) is 41.7 Å². The number of fused-ring (bicyclic) bond motifs is 1. The van der Waals surface area contributed by atoms with Gasteiger partial charge < -0.3 is 25.0 Å². The van der Waals surface area contributed by atoms with Crippen molar-refractivity contribution < 1.29 is 19.1 Å². The fraction of sp³-hybridized carbons (Fsp3) is 0.429. The van der Waals surface area contributed by atoms with Crippen LogP contribution < -0.4 is 25.0 Å². The first kappa shape index (κ1) is 21.4. The molecule has 31 heavy (non-hydrogen) atoms. The van der Waals surface area contributed by atoms with Crippen LogP contribution in [0.5, 0.6) is 11.8 Å². The molecule has 2 aliphatic heterocycles. The van der Waals surface area contributed by atoms with E-state index in [4.69, 9.17) is 9.47 Å². The zero-order valence-corrected chi connectivity index (χ0v) is 19.0. The van der Waals surface area contributed by atoms with E-state index in [0.29, 0.717) is 25.3 Å². The van der Waals surface area contributed by atoms with Crippen molar-refractivity contribution in [3.8, 4) is 11.8 Å². The van der Waals surface area contributed by atoms with Crippen molar-refractivity contribution in [1.82, 2.24) is 15.3 Å². The molecule has 0 radical (unpaired) electrons. The summed E-state index contributed by atoms with van der Waals surface area (Å²) in [5, 5.41) is 5.57. The molecule has 2 aromatic rings. The third-order valence-corrected chi connectivity index (χ3v) is 6.24. The van der Waals surface area contributed by atoms with Gasteiger partial charge in [-0.3, -0.25) is 9.59 Å². The van der Waals surface area contributed by atoms with Crippen LogP contribution in [0.2, 0.25) is 0 Å². The van der Waals surface area contributed by atoms with Crippen LogP contribution in [0.1, 0.15) is 30.4 Å². The first-order valence-electron chi connectivity index (χ1n) is 10.1. The fourth-order valence-electron chi connectivity index (χ4n) is 3.91. The normalized spacial score (nSPS) is 17.7. The van der Waals surface area contributed by atoms with Crippen molar-refractivity contribution in [3.63, 3.8) is 0 Å². The van der Waals surface area contributed by atoms with Crippen molar-refractivity contribution in [2.45, 2.75) is 38.3 Å². The maximum Gasteiger partial charge on any atom is 0.246 e. The highest BCUT2D eigenvalue weighted by molar-refractivity contribution is 9.10. The average Bonchev–Trinajstić information content (AvgIpc) is 3.18. The minimum atomic E-state index is -0.268. The quantitative estimate of drug-likeness (QED) is 0.641. The Kier molecular flexibility index (Phi) is 6.26. The van der Waals surface area contributed by atoms with Gasteiger partial charge in [0.1, 0.15) is 0 Å². The van der Waals surface area contributed by atoms with Gasteiger partial charge in [0.25, 0.3) is 0 Å². The van der Waals surface area contributed by atoms with Crippen LogP contribution in [-0.4, -0.2) is 48.6 Å². The van der Waals surface area contributed by atoms with E-state index in [1.807, 2.05) is 12.1 Å². The molecule has 2 amide bonds. The smallest absolute Gasteiger partial charge is 0.246 e. The predicted octanol–water partition coefficient (Wildman–Crippen LogP) is 2.43. The summed E-state index contributed by atoms with van der Waals surface area (Å²) in [4.78, 5) is 35.0. The summed E-state index contributed by atoms with van der Waals surface area (Å²) < 4.78 is 12.0. The lowest BCUT2D eigenvalue weighted by molar-refractivity contribution is -0.119. The number of rotatable bonds is 6. The number of carbonyl (C=O) groups excluding carboxylic acids is 2. The van der Waals surface area contributed by atoms with E-state index < -0.39 is 0 Å². The van der Waals surface area contributed by atoms with Crippen LogP contribution in [0.3, 0.4) is 0 Å². The topological polar surface area (TPSA) is 106 Å². The number of hydrogen-bond donors (Lipinski definition) is 2. The van der Waals surface area contributed by atoms with E-state index in [1.165, 1.54) is 25.3 Å². The first-order valence-corrected chi connectivity index (χ1v) is 10.9. The Bertz CT molecular complexity index is 990. The lowest BCUT2D eigenvalue weighted by Crippen LogP contribution is -2.32. The largest absolute Gasteiger partial charge is 0.479 e. The molecular weight excluding hydrogens is 466 g/mol. The number of halogens is 1. The number of amides is 2. The monoisotopic (exact) mass is 489 g/mol. The molecule has 4 rings (SSSR count). The fourth-order valence-corrected chi connectivity index (χ4v) is 4.44. The Morgan fingerprint density at radius 1 is 1.26 bits per heavy atom.